The van der Waals surface area contributed by atoms with E-state index in [9.17, 15) is 8.42 Å². The van der Waals surface area contributed by atoms with Crippen LogP contribution in [0.3, 0.4) is 0 Å². The van der Waals surface area contributed by atoms with Gasteiger partial charge in [-0.25, -0.2) is 8.42 Å². The van der Waals surface area contributed by atoms with Crippen molar-refractivity contribution < 1.29 is 17.9 Å². The molecule has 1 N–H and O–H groups in total. The molecule has 0 bridgehead atoms. The number of aryl methyl sites for hydroxylation is 1. The molecule has 3 rings (SSSR count). The normalized spacial score (nSPS) is 11.2. The summed E-state index contributed by atoms with van der Waals surface area (Å²) in [7, 11) is -0.855. The zero-order chi connectivity index (χ0) is 19.4. The Morgan fingerprint density at radius 2 is 1.81 bits per heavy atom. The summed E-state index contributed by atoms with van der Waals surface area (Å²) >= 11 is 0. The predicted octanol–water partition coefficient (Wildman–Crippen LogP) is 3.06. The van der Waals surface area contributed by atoms with Crippen molar-refractivity contribution >= 4 is 15.7 Å². The van der Waals surface area contributed by atoms with E-state index in [4.69, 9.17) is 9.47 Å². The molecule has 0 atom stereocenters. The maximum atomic E-state index is 12.9. The van der Waals surface area contributed by atoms with Crippen LogP contribution in [0.1, 0.15) is 11.3 Å². The number of methoxy groups -OCH3 is 2. The number of sulfonamides is 1. The van der Waals surface area contributed by atoms with Crippen molar-refractivity contribution in [2.24, 2.45) is 0 Å². The first-order valence-electron chi connectivity index (χ1n) is 8.26. The molecule has 142 valence electrons. The molecule has 0 fully saturated rings. The summed E-state index contributed by atoms with van der Waals surface area (Å²) in [4.78, 5) is 0.114. The minimum atomic E-state index is -3.84. The summed E-state index contributed by atoms with van der Waals surface area (Å²) < 4.78 is 40.4. The molecule has 0 aliphatic carbocycles. The highest BCUT2D eigenvalue weighted by molar-refractivity contribution is 7.92. The maximum Gasteiger partial charge on any atom is 0.265 e. The van der Waals surface area contributed by atoms with Gasteiger partial charge in [-0.3, -0.25) is 9.40 Å². The van der Waals surface area contributed by atoms with E-state index in [1.165, 1.54) is 20.4 Å². The van der Waals surface area contributed by atoms with E-state index >= 15 is 0 Å². The lowest BCUT2D eigenvalue weighted by molar-refractivity contribution is 0.405. The fraction of sp³-hybridized carbons (Fsp3) is 0.211. The van der Waals surface area contributed by atoms with Gasteiger partial charge < -0.3 is 9.47 Å². The number of hydrogen-bond donors (Lipinski definition) is 1. The summed E-state index contributed by atoms with van der Waals surface area (Å²) in [5, 5.41) is 4.33. The van der Waals surface area contributed by atoms with Crippen molar-refractivity contribution in [2.75, 3.05) is 18.9 Å². The Balaban J connectivity index is 1.89. The average molecular weight is 387 g/mol. The molecule has 0 saturated heterocycles. The molecule has 1 aromatic heterocycles. The van der Waals surface area contributed by atoms with Crippen LogP contribution in [0.5, 0.6) is 11.5 Å². The zero-order valence-electron chi connectivity index (χ0n) is 15.3. The standard InChI is InChI=1S/C19H21N3O4S/c1-14-19(13-22(20-14)12-15-7-5-4-6-8-15)27(23,24)21-17-11-16(25-2)9-10-18(17)26-3/h4-11,13,21H,12H2,1-3H3. The van der Waals surface area contributed by atoms with Crippen molar-refractivity contribution in [3.63, 3.8) is 0 Å². The van der Waals surface area contributed by atoms with Crippen molar-refractivity contribution in [3.8, 4) is 11.5 Å². The Labute approximate surface area is 158 Å². The van der Waals surface area contributed by atoms with Gasteiger partial charge in [0.25, 0.3) is 10.0 Å². The Kier molecular flexibility index (Phi) is 5.36. The molecule has 1 heterocycles. The average Bonchev–Trinajstić information content (AvgIpc) is 3.03. The number of nitrogens with one attached hydrogen (secondary N) is 1. The molecule has 7 nitrogen and oxygen atoms in total. The Hall–Kier alpha value is -3.00. The molecular formula is C19H21N3O4S. The van der Waals surface area contributed by atoms with E-state index in [2.05, 4.69) is 9.82 Å². The van der Waals surface area contributed by atoms with Crippen molar-refractivity contribution in [3.05, 3.63) is 66.0 Å². The molecule has 3 aromatic rings. The van der Waals surface area contributed by atoms with Crippen molar-refractivity contribution in [1.29, 1.82) is 0 Å². The lowest BCUT2D eigenvalue weighted by atomic mass is 10.2. The van der Waals surface area contributed by atoms with Crippen LogP contribution in [-0.2, 0) is 16.6 Å². The summed E-state index contributed by atoms with van der Waals surface area (Å²) in [6.07, 6.45) is 1.53. The van der Waals surface area contributed by atoms with Gasteiger partial charge in [-0.1, -0.05) is 30.3 Å². The van der Waals surface area contributed by atoms with Gasteiger partial charge in [0.2, 0.25) is 0 Å². The minimum absolute atomic E-state index is 0.114. The van der Waals surface area contributed by atoms with Crippen LogP contribution in [0.4, 0.5) is 5.69 Å². The van der Waals surface area contributed by atoms with E-state index in [1.54, 1.807) is 29.8 Å². The first-order chi connectivity index (χ1) is 12.9. The second kappa shape index (κ2) is 7.71. The fourth-order valence-corrected chi connectivity index (χ4v) is 3.96. The number of anilines is 1. The van der Waals surface area contributed by atoms with Crippen molar-refractivity contribution in [1.82, 2.24) is 9.78 Å². The van der Waals surface area contributed by atoms with Gasteiger partial charge in [-0.05, 0) is 24.6 Å². The van der Waals surface area contributed by atoms with Gasteiger partial charge in [0.1, 0.15) is 16.4 Å². The molecule has 0 aliphatic heterocycles. The van der Waals surface area contributed by atoms with Crippen LogP contribution in [0, 0.1) is 6.92 Å². The third-order valence-electron chi connectivity index (χ3n) is 4.03. The van der Waals surface area contributed by atoms with E-state index in [0.717, 1.165) is 5.56 Å². The van der Waals surface area contributed by atoms with Gasteiger partial charge in [-0.15, -0.1) is 0 Å². The topological polar surface area (TPSA) is 82.5 Å². The smallest absolute Gasteiger partial charge is 0.265 e. The van der Waals surface area contributed by atoms with Crippen LogP contribution in [0.25, 0.3) is 0 Å². The minimum Gasteiger partial charge on any atom is -0.497 e. The molecule has 8 heteroatoms. The summed E-state index contributed by atoms with van der Waals surface area (Å²) in [6, 6.07) is 14.6. The first kappa shape index (κ1) is 18.8. The number of benzene rings is 2. The number of rotatable bonds is 7. The van der Waals surface area contributed by atoms with Gasteiger partial charge in [0.05, 0.1) is 32.1 Å². The number of aromatic nitrogens is 2. The first-order valence-corrected chi connectivity index (χ1v) is 9.74. The summed E-state index contributed by atoms with van der Waals surface area (Å²) in [5.41, 5.74) is 1.75. The highest BCUT2D eigenvalue weighted by atomic mass is 32.2. The van der Waals surface area contributed by atoms with Crippen LogP contribution in [0.15, 0.2) is 59.6 Å². The predicted molar refractivity (Wildman–Crippen MR) is 103 cm³/mol. The van der Waals surface area contributed by atoms with E-state index in [-0.39, 0.29) is 4.90 Å². The summed E-state index contributed by atoms with van der Waals surface area (Å²) in [6.45, 7) is 2.15. The Morgan fingerprint density at radius 1 is 1.07 bits per heavy atom. The number of hydrogen-bond acceptors (Lipinski definition) is 5. The van der Waals surface area contributed by atoms with E-state index in [0.29, 0.717) is 29.4 Å². The molecule has 0 amide bonds. The molecule has 2 aromatic carbocycles. The molecule has 0 spiro atoms. The van der Waals surface area contributed by atoms with Gasteiger partial charge >= 0.3 is 0 Å². The highest BCUT2D eigenvalue weighted by Gasteiger charge is 2.22. The van der Waals surface area contributed by atoms with E-state index in [1.807, 2.05) is 30.3 Å². The maximum absolute atomic E-state index is 12.9. The van der Waals surface area contributed by atoms with E-state index < -0.39 is 10.0 Å². The van der Waals surface area contributed by atoms with Gasteiger partial charge in [0, 0.05) is 12.3 Å². The molecular weight excluding hydrogens is 366 g/mol. The second-order valence-corrected chi connectivity index (χ2v) is 7.58. The van der Waals surface area contributed by atoms with Gasteiger partial charge in [0.15, 0.2) is 0 Å². The lowest BCUT2D eigenvalue weighted by Crippen LogP contribution is -2.14. The molecule has 0 saturated carbocycles. The van der Waals surface area contributed by atoms with Crippen LogP contribution < -0.4 is 14.2 Å². The van der Waals surface area contributed by atoms with Crippen LogP contribution >= 0.6 is 0 Å². The second-order valence-electron chi connectivity index (χ2n) is 5.93. The zero-order valence-corrected chi connectivity index (χ0v) is 16.2. The summed E-state index contributed by atoms with van der Waals surface area (Å²) in [5.74, 6) is 0.915. The molecule has 0 radical (unpaired) electrons. The lowest BCUT2D eigenvalue weighted by Gasteiger charge is -2.12. The highest BCUT2D eigenvalue weighted by Crippen LogP contribution is 2.31. The quantitative estimate of drug-likeness (QED) is 0.674. The SMILES string of the molecule is COc1ccc(OC)c(NS(=O)(=O)c2cn(Cc3ccccc3)nc2C)c1. The molecule has 27 heavy (non-hydrogen) atoms. The molecule has 0 aliphatic rings. The fourth-order valence-electron chi connectivity index (χ4n) is 2.71. The third kappa shape index (κ3) is 4.22. The Morgan fingerprint density at radius 3 is 2.48 bits per heavy atom. The number of nitrogens with zero attached hydrogens (tertiary/aromatic N) is 2. The third-order valence-corrected chi connectivity index (χ3v) is 5.50. The largest absolute Gasteiger partial charge is 0.497 e. The number of ether oxygens (including phenoxy) is 2. The monoisotopic (exact) mass is 387 g/mol. The van der Waals surface area contributed by atoms with Gasteiger partial charge in [-0.2, -0.15) is 5.10 Å². The van der Waals surface area contributed by atoms with Crippen LogP contribution in [-0.4, -0.2) is 32.4 Å². The van der Waals surface area contributed by atoms with Crippen molar-refractivity contribution in [2.45, 2.75) is 18.4 Å². The Bertz CT molecular complexity index is 1030. The molecule has 0 unspecified atom stereocenters. The van der Waals surface area contributed by atoms with Crippen LogP contribution in [0.2, 0.25) is 0 Å².